The van der Waals surface area contributed by atoms with Gasteiger partial charge in [0.1, 0.15) is 0 Å². The molecule has 0 spiro atoms. The second-order valence-electron chi connectivity index (χ2n) is 2.82. The van der Waals surface area contributed by atoms with Gasteiger partial charge in [0.25, 0.3) is 12.3 Å². The lowest BCUT2D eigenvalue weighted by Crippen LogP contribution is -2.19. The molecule has 0 aromatic carbocycles. The molecule has 1 rings (SSSR count). The first-order valence-electron chi connectivity index (χ1n) is 3.91. The number of halogens is 6. The van der Waals surface area contributed by atoms with Gasteiger partial charge in [-0.2, -0.15) is 0 Å². The van der Waals surface area contributed by atoms with Crippen molar-refractivity contribution in [3.63, 3.8) is 0 Å². The normalized spacial score (nSPS) is 12.0. The lowest BCUT2D eigenvalue weighted by atomic mass is 10.1. The maximum atomic E-state index is 13.1. The van der Waals surface area contributed by atoms with Crippen molar-refractivity contribution in [1.82, 2.24) is 4.98 Å². The number of rotatable bonds is 2. The van der Waals surface area contributed by atoms with E-state index < -0.39 is 30.0 Å². The monoisotopic (exact) mass is 245 g/mol. The summed E-state index contributed by atoms with van der Waals surface area (Å²) in [6.07, 6.45) is -7.73. The maximum absolute atomic E-state index is 13.1. The smallest absolute Gasteiger partial charge is 0.385 e. The minimum Gasteiger partial charge on any atom is -0.385 e. The Morgan fingerprint density at radius 1 is 1.31 bits per heavy atom. The molecule has 0 aliphatic carbocycles. The Labute approximate surface area is 85.9 Å². The van der Waals surface area contributed by atoms with E-state index in [-0.39, 0.29) is 5.56 Å². The van der Waals surface area contributed by atoms with E-state index in [2.05, 4.69) is 9.72 Å². The Balaban J connectivity index is 3.19. The SMILES string of the molecule is Cc1cnc(OC(F)(F)F)c(F)c1C(F)F. The minimum absolute atomic E-state index is 0.248. The summed E-state index contributed by atoms with van der Waals surface area (Å²) in [6.45, 7) is 1.11. The number of nitrogens with zero attached hydrogens (tertiary/aromatic N) is 1. The van der Waals surface area contributed by atoms with Gasteiger partial charge >= 0.3 is 6.36 Å². The largest absolute Gasteiger partial charge is 0.574 e. The predicted molar refractivity (Wildman–Crippen MR) is 40.6 cm³/mol. The molecule has 1 aromatic rings. The molecule has 0 fully saturated rings. The molecule has 16 heavy (non-hydrogen) atoms. The summed E-state index contributed by atoms with van der Waals surface area (Å²) in [6, 6.07) is 0. The molecular formula is C8H5F6NO. The fraction of sp³-hybridized carbons (Fsp3) is 0.375. The summed E-state index contributed by atoms with van der Waals surface area (Å²) in [5.41, 5.74) is -1.39. The molecule has 0 radical (unpaired) electrons. The molecule has 0 N–H and O–H groups in total. The zero-order chi connectivity index (χ0) is 12.5. The molecule has 0 aliphatic heterocycles. The third-order valence-electron chi connectivity index (χ3n) is 1.66. The van der Waals surface area contributed by atoms with Crippen LogP contribution in [0.4, 0.5) is 26.3 Å². The van der Waals surface area contributed by atoms with Crippen molar-refractivity contribution in [3.8, 4) is 5.88 Å². The van der Waals surface area contributed by atoms with Crippen LogP contribution in [0.25, 0.3) is 0 Å². The molecule has 0 unspecified atom stereocenters. The van der Waals surface area contributed by atoms with Gasteiger partial charge in [-0.1, -0.05) is 0 Å². The van der Waals surface area contributed by atoms with E-state index in [0.29, 0.717) is 6.20 Å². The number of pyridine rings is 1. The van der Waals surface area contributed by atoms with Crippen molar-refractivity contribution < 1.29 is 31.1 Å². The highest BCUT2D eigenvalue weighted by Gasteiger charge is 2.34. The van der Waals surface area contributed by atoms with Crippen molar-refractivity contribution in [3.05, 3.63) is 23.1 Å². The number of hydrogen-bond acceptors (Lipinski definition) is 2. The maximum Gasteiger partial charge on any atom is 0.574 e. The Morgan fingerprint density at radius 3 is 2.31 bits per heavy atom. The van der Waals surface area contributed by atoms with Crippen LogP contribution in [0.15, 0.2) is 6.20 Å². The lowest BCUT2D eigenvalue weighted by Gasteiger charge is -2.12. The van der Waals surface area contributed by atoms with Crippen LogP contribution in [-0.2, 0) is 0 Å². The van der Waals surface area contributed by atoms with Crippen molar-refractivity contribution >= 4 is 0 Å². The van der Waals surface area contributed by atoms with Gasteiger partial charge in [0, 0.05) is 6.20 Å². The molecule has 2 nitrogen and oxygen atoms in total. The first-order chi connectivity index (χ1) is 7.22. The highest BCUT2D eigenvalue weighted by molar-refractivity contribution is 5.31. The standard InChI is InChI=1S/C8H5F6NO/c1-3-2-15-7(16-8(12,13)14)5(9)4(3)6(10)11/h2,6H,1H3. The van der Waals surface area contributed by atoms with E-state index in [9.17, 15) is 26.3 Å². The minimum atomic E-state index is -5.18. The van der Waals surface area contributed by atoms with Crippen LogP contribution in [0.2, 0.25) is 0 Å². The molecule has 8 heteroatoms. The third kappa shape index (κ3) is 2.77. The molecule has 0 bridgehead atoms. The van der Waals surface area contributed by atoms with E-state index in [4.69, 9.17) is 0 Å². The third-order valence-corrected chi connectivity index (χ3v) is 1.66. The van der Waals surface area contributed by atoms with Gasteiger partial charge in [0.15, 0.2) is 5.82 Å². The average molecular weight is 245 g/mol. The van der Waals surface area contributed by atoms with Crippen LogP contribution in [0, 0.1) is 12.7 Å². The predicted octanol–water partition coefficient (Wildman–Crippen LogP) is 3.37. The first-order valence-corrected chi connectivity index (χ1v) is 3.91. The summed E-state index contributed by atoms with van der Waals surface area (Å²) in [5.74, 6) is -3.30. The van der Waals surface area contributed by atoms with Gasteiger partial charge < -0.3 is 4.74 Å². The Morgan fingerprint density at radius 2 is 1.88 bits per heavy atom. The number of ether oxygens (including phenoxy) is 1. The highest BCUT2D eigenvalue weighted by atomic mass is 19.4. The van der Waals surface area contributed by atoms with Gasteiger partial charge in [0.2, 0.25) is 0 Å². The second-order valence-corrected chi connectivity index (χ2v) is 2.82. The van der Waals surface area contributed by atoms with Gasteiger partial charge in [-0.25, -0.2) is 18.2 Å². The summed E-state index contributed by atoms with van der Waals surface area (Å²) >= 11 is 0. The van der Waals surface area contributed by atoms with Crippen molar-refractivity contribution in [1.29, 1.82) is 0 Å². The molecule has 0 saturated carbocycles. The van der Waals surface area contributed by atoms with E-state index in [1.165, 1.54) is 0 Å². The lowest BCUT2D eigenvalue weighted by molar-refractivity contribution is -0.277. The van der Waals surface area contributed by atoms with Gasteiger partial charge in [-0.3, -0.25) is 0 Å². The Bertz CT molecular complexity index is 389. The van der Waals surface area contributed by atoms with E-state index in [0.717, 1.165) is 6.92 Å². The fourth-order valence-electron chi connectivity index (χ4n) is 1.02. The van der Waals surface area contributed by atoms with E-state index in [1.807, 2.05) is 0 Å². The van der Waals surface area contributed by atoms with Crippen molar-refractivity contribution in [2.75, 3.05) is 0 Å². The van der Waals surface area contributed by atoms with Crippen molar-refractivity contribution in [2.45, 2.75) is 19.7 Å². The topological polar surface area (TPSA) is 22.1 Å². The van der Waals surface area contributed by atoms with Crippen LogP contribution in [0.1, 0.15) is 17.6 Å². The number of aryl methyl sites for hydroxylation is 1. The van der Waals surface area contributed by atoms with Crippen molar-refractivity contribution in [2.24, 2.45) is 0 Å². The number of alkyl halides is 5. The molecule has 0 amide bonds. The Kier molecular flexibility index (Phi) is 3.30. The summed E-state index contributed by atoms with van der Waals surface area (Å²) in [5, 5.41) is 0. The van der Waals surface area contributed by atoms with Gasteiger partial charge in [-0.05, 0) is 12.5 Å². The number of hydrogen-bond donors (Lipinski definition) is 0. The fourth-order valence-corrected chi connectivity index (χ4v) is 1.02. The zero-order valence-electron chi connectivity index (χ0n) is 7.78. The molecule has 1 heterocycles. The molecule has 0 atom stereocenters. The van der Waals surface area contributed by atoms with Crippen LogP contribution >= 0.6 is 0 Å². The summed E-state index contributed by atoms with van der Waals surface area (Å²) in [4.78, 5) is 2.96. The zero-order valence-corrected chi connectivity index (χ0v) is 7.78. The molecule has 1 aromatic heterocycles. The van der Waals surface area contributed by atoms with Gasteiger partial charge in [-0.15, -0.1) is 13.2 Å². The van der Waals surface area contributed by atoms with Crippen LogP contribution in [-0.4, -0.2) is 11.3 Å². The van der Waals surface area contributed by atoms with Crippen LogP contribution in [0.3, 0.4) is 0 Å². The summed E-state index contributed by atoms with van der Waals surface area (Å²) < 4.78 is 76.1. The second kappa shape index (κ2) is 4.18. The highest BCUT2D eigenvalue weighted by Crippen LogP contribution is 2.31. The number of aromatic nitrogens is 1. The quantitative estimate of drug-likeness (QED) is 0.745. The molecular weight excluding hydrogens is 240 g/mol. The van der Waals surface area contributed by atoms with Crippen LogP contribution in [0.5, 0.6) is 5.88 Å². The van der Waals surface area contributed by atoms with E-state index in [1.54, 1.807) is 0 Å². The Hall–Kier alpha value is -1.47. The molecule has 90 valence electrons. The molecule has 0 saturated heterocycles. The first kappa shape index (κ1) is 12.6. The average Bonchev–Trinajstić information content (AvgIpc) is 2.07. The van der Waals surface area contributed by atoms with Crippen LogP contribution < -0.4 is 4.74 Å². The van der Waals surface area contributed by atoms with E-state index >= 15 is 0 Å². The summed E-state index contributed by atoms with van der Waals surface area (Å²) in [7, 11) is 0. The van der Waals surface area contributed by atoms with Gasteiger partial charge in [0.05, 0.1) is 5.56 Å². The molecule has 0 aliphatic rings.